The van der Waals surface area contributed by atoms with Gasteiger partial charge in [-0.1, -0.05) is 6.92 Å². The van der Waals surface area contributed by atoms with Gasteiger partial charge in [0.1, 0.15) is 0 Å². The molecule has 13 heavy (non-hydrogen) atoms. The van der Waals surface area contributed by atoms with Gasteiger partial charge in [-0.05, 0) is 6.42 Å². The highest BCUT2D eigenvalue weighted by Crippen LogP contribution is 2.08. The molecule has 4 nitrogen and oxygen atoms in total. The van der Waals surface area contributed by atoms with Crippen LogP contribution in [0.3, 0.4) is 0 Å². The number of aromatic carboxylic acids is 1. The highest BCUT2D eigenvalue weighted by molar-refractivity contribution is 5.89. The van der Waals surface area contributed by atoms with E-state index < -0.39 is 5.97 Å². The summed E-state index contributed by atoms with van der Waals surface area (Å²) in [7, 11) is 0. The Bertz CT molecular complexity index is 347. The van der Waals surface area contributed by atoms with Crippen molar-refractivity contribution in [3.05, 3.63) is 34.3 Å². The normalized spacial score (nSPS) is 10.0. The van der Waals surface area contributed by atoms with Gasteiger partial charge in [-0.25, -0.2) is 4.79 Å². The molecule has 1 aromatic rings. The van der Waals surface area contributed by atoms with Crippen LogP contribution >= 0.6 is 0 Å². The molecule has 1 rings (SSSR count). The van der Waals surface area contributed by atoms with Gasteiger partial charge < -0.3 is 10.3 Å². The maximum Gasteiger partial charge on any atom is 0.336 e. The number of carboxylic acids is 1. The molecule has 0 atom stereocenters. The van der Waals surface area contributed by atoms with Crippen molar-refractivity contribution >= 4 is 5.97 Å². The molecule has 0 spiro atoms. The number of hydrogen-bond acceptors (Lipinski definition) is 2. The first-order valence-electron chi connectivity index (χ1n) is 4.02. The SMILES string of the molecule is CCc1c[n+]([O-])c(C)cc1C(=O)O. The zero-order valence-corrected chi connectivity index (χ0v) is 7.57. The number of carboxylic acid groups (broad SMARTS) is 1. The lowest BCUT2D eigenvalue weighted by molar-refractivity contribution is -0.612. The summed E-state index contributed by atoms with van der Waals surface area (Å²) in [6, 6.07) is 1.40. The molecule has 0 saturated carbocycles. The van der Waals surface area contributed by atoms with Crippen molar-refractivity contribution in [2.75, 3.05) is 0 Å². The zero-order valence-electron chi connectivity index (χ0n) is 7.57. The van der Waals surface area contributed by atoms with E-state index >= 15 is 0 Å². The second-order valence-corrected chi connectivity index (χ2v) is 2.84. The van der Waals surface area contributed by atoms with E-state index in [0.29, 0.717) is 22.4 Å². The lowest BCUT2D eigenvalue weighted by atomic mass is 10.1. The smallest absolute Gasteiger partial charge is 0.336 e. The van der Waals surface area contributed by atoms with Gasteiger partial charge in [-0.2, -0.15) is 4.73 Å². The first-order chi connectivity index (χ1) is 6.06. The van der Waals surface area contributed by atoms with E-state index in [1.54, 1.807) is 6.92 Å². The molecule has 0 aromatic carbocycles. The van der Waals surface area contributed by atoms with E-state index in [1.807, 2.05) is 6.92 Å². The Balaban J connectivity index is 3.33. The number of pyridine rings is 1. The van der Waals surface area contributed by atoms with E-state index in [1.165, 1.54) is 12.3 Å². The summed E-state index contributed by atoms with van der Waals surface area (Å²) in [5.41, 5.74) is 1.18. The van der Waals surface area contributed by atoms with Crippen LogP contribution in [0, 0.1) is 12.1 Å². The van der Waals surface area contributed by atoms with E-state index in [2.05, 4.69) is 0 Å². The minimum Gasteiger partial charge on any atom is -0.619 e. The van der Waals surface area contributed by atoms with Crippen LogP contribution in [0.1, 0.15) is 28.5 Å². The number of rotatable bonds is 2. The number of aromatic nitrogens is 1. The van der Waals surface area contributed by atoms with E-state index in [-0.39, 0.29) is 5.56 Å². The predicted molar refractivity (Wildman–Crippen MR) is 46.5 cm³/mol. The second kappa shape index (κ2) is 3.43. The van der Waals surface area contributed by atoms with Gasteiger partial charge in [0.25, 0.3) is 0 Å². The molecule has 1 heterocycles. The standard InChI is InChI=1S/C9H11NO3/c1-3-7-5-10(13)6(2)4-8(7)9(11)12/h4-5H,3H2,1-2H3,(H,11,12). The molecule has 4 heteroatoms. The fraction of sp³-hybridized carbons (Fsp3) is 0.333. The summed E-state index contributed by atoms with van der Waals surface area (Å²) in [6.07, 6.45) is 1.86. The Kier molecular flexibility index (Phi) is 2.51. The Morgan fingerprint density at radius 2 is 2.31 bits per heavy atom. The monoisotopic (exact) mass is 181 g/mol. The highest BCUT2D eigenvalue weighted by atomic mass is 16.5. The van der Waals surface area contributed by atoms with Crippen molar-refractivity contribution in [3.63, 3.8) is 0 Å². The molecule has 0 amide bonds. The van der Waals surface area contributed by atoms with Crippen LogP contribution < -0.4 is 4.73 Å². The third-order valence-electron chi connectivity index (χ3n) is 1.93. The van der Waals surface area contributed by atoms with Crippen LogP contribution in [0.4, 0.5) is 0 Å². The van der Waals surface area contributed by atoms with Gasteiger partial charge in [0.05, 0.1) is 5.56 Å². The number of nitrogens with zero attached hydrogens (tertiary/aromatic N) is 1. The third kappa shape index (κ3) is 1.77. The first-order valence-corrected chi connectivity index (χ1v) is 4.02. The lowest BCUT2D eigenvalue weighted by Gasteiger charge is -2.05. The Morgan fingerprint density at radius 3 is 2.77 bits per heavy atom. The molecule has 1 aromatic heterocycles. The minimum absolute atomic E-state index is 0.215. The second-order valence-electron chi connectivity index (χ2n) is 2.84. The van der Waals surface area contributed by atoms with Crippen LogP contribution in [0.2, 0.25) is 0 Å². The molecule has 0 aliphatic carbocycles. The zero-order chi connectivity index (χ0) is 10.0. The molecule has 0 aliphatic rings. The van der Waals surface area contributed by atoms with Gasteiger partial charge in [0.2, 0.25) is 0 Å². The van der Waals surface area contributed by atoms with Crippen molar-refractivity contribution in [2.45, 2.75) is 20.3 Å². The van der Waals surface area contributed by atoms with Crippen molar-refractivity contribution in [2.24, 2.45) is 0 Å². The quantitative estimate of drug-likeness (QED) is 0.544. The predicted octanol–water partition coefficient (Wildman–Crippen LogP) is 0.889. The average molecular weight is 181 g/mol. The minimum atomic E-state index is -0.986. The molecule has 0 fully saturated rings. The van der Waals surface area contributed by atoms with Crippen LogP contribution in [0.15, 0.2) is 12.3 Å². The molecule has 1 N–H and O–H groups in total. The molecular weight excluding hydrogens is 170 g/mol. The number of aryl methyl sites for hydroxylation is 2. The van der Waals surface area contributed by atoms with Crippen molar-refractivity contribution in [1.29, 1.82) is 0 Å². The fourth-order valence-corrected chi connectivity index (χ4v) is 1.16. The van der Waals surface area contributed by atoms with Crippen molar-refractivity contribution in [1.82, 2.24) is 0 Å². The number of carbonyl (C=O) groups is 1. The van der Waals surface area contributed by atoms with Crippen LogP contribution in [-0.2, 0) is 6.42 Å². The highest BCUT2D eigenvalue weighted by Gasteiger charge is 2.13. The fourth-order valence-electron chi connectivity index (χ4n) is 1.16. The molecule has 0 radical (unpaired) electrons. The van der Waals surface area contributed by atoms with E-state index in [4.69, 9.17) is 5.11 Å². The van der Waals surface area contributed by atoms with Gasteiger partial charge in [-0.15, -0.1) is 0 Å². The average Bonchev–Trinajstić information content (AvgIpc) is 2.08. The van der Waals surface area contributed by atoms with E-state index in [0.717, 1.165) is 0 Å². The van der Waals surface area contributed by atoms with E-state index in [9.17, 15) is 10.0 Å². The van der Waals surface area contributed by atoms with Crippen LogP contribution in [-0.4, -0.2) is 11.1 Å². The largest absolute Gasteiger partial charge is 0.619 e. The Morgan fingerprint density at radius 1 is 1.69 bits per heavy atom. The lowest BCUT2D eigenvalue weighted by Crippen LogP contribution is -2.31. The van der Waals surface area contributed by atoms with Gasteiger partial charge in [0.15, 0.2) is 11.9 Å². The summed E-state index contributed by atoms with van der Waals surface area (Å²) >= 11 is 0. The maximum absolute atomic E-state index is 11.1. The van der Waals surface area contributed by atoms with Crippen molar-refractivity contribution < 1.29 is 14.6 Å². The molecular formula is C9H11NO3. The topological polar surface area (TPSA) is 64.2 Å². The van der Waals surface area contributed by atoms with Gasteiger partial charge in [0, 0.05) is 18.6 Å². The van der Waals surface area contributed by atoms with Gasteiger partial charge in [-0.3, -0.25) is 0 Å². The van der Waals surface area contributed by atoms with Crippen LogP contribution in [0.25, 0.3) is 0 Å². The summed E-state index contributed by atoms with van der Waals surface area (Å²) in [6.45, 7) is 3.40. The maximum atomic E-state index is 11.1. The third-order valence-corrected chi connectivity index (χ3v) is 1.93. The summed E-state index contributed by atoms with van der Waals surface area (Å²) < 4.78 is 0.686. The summed E-state index contributed by atoms with van der Waals surface area (Å²) in [5.74, 6) is -0.986. The molecule has 0 unspecified atom stereocenters. The van der Waals surface area contributed by atoms with Crippen molar-refractivity contribution in [3.8, 4) is 0 Å². The summed E-state index contributed by atoms with van der Waals surface area (Å²) in [4.78, 5) is 10.7. The Hall–Kier alpha value is -1.58. The Labute approximate surface area is 76.0 Å². The number of hydrogen-bond donors (Lipinski definition) is 1. The summed E-state index contributed by atoms with van der Waals surface area (Å²) in [5, 5.41) is 19.9. The molecule has 0 bridgehead atoms. The molecule has 0 aliphatic heterocycles. The van der Waals surface area contributed by atoms with Gasteiger partial charge >= 0.3 is 5.97 Å². The van der Waals surface area contributed by atoms with Crippen LogP contribution in [0.5, 0.6) is 0 Å². The molecule has 70 valence electrons. The molecule has 0 saturated heterocycles. The first kappa shape index (κ1) is 9.51.